The molecule has 3 heterocycles. The lowest BCUT2D eigenvalue weighted by Crippen LogP contribution is -2.51. The second-order valence-corrected chi connectivity index (χ2v) is 6.62. The highest BCUT2D eigenvalue weighted by atomic mass is 16.2. The second kappa shape index (κ2) is 7.28. The summed E-state index contributed by atoms with van der Waals surface area (Å²) >= 11 is 0. The Kier molecular flexibility index (Phi) is 4.68. The van der Waals surface area contributed by atoms with E-state index in [0.717, 1.165) is 17.9 Å². The first-order valence-corrected chi connectivity index (χ1v) is 8.98. The number of carbonyl (C=O) groups is 1. The average molecular weight is 366 g/mol. The number of tetrazole rings is 1. The molecule has 1 amide bonds. The largest absolute Gasteiger partial charge is 0.336 e. The van der Waals surface area contributed by atoms with Crippen molar-refractivity contribution in [1.29, 1.82) is 0 Å². The molecule has 1 aliphatic rings. The molecule has 0 aliphatic carbocycles. The van der Waals surface area contributed by atoms with Gasteiger partial charge in [-0.3, -0.25) is 4.79 Å². The molecule has 0 bridgehead atoms. The molecular formula is C18H22N8O. The molecule has 27 heavy (non-hydrogen) atoms. The van der Waals surface area contributed by atoms with Gasteiger partial charge in [-0.05, 0) is 12.1 Å². The first-order chi connectivity index (χ1) is 13.1. The molecule has 0 saturated carbocycles. The van der Waals surface area contributed by atoms with E-state index in [2.05, 4.69) is 25.7 Å². The van der Waals surface area contributed by atoms with Gasteiger partial charge in [0.25, 0.3) is 0 Å². The summed E-state index contributed by atoms with van der Waals surface area (Å²) in [6.07, 6.45) is 3.64. The molecule has 9 nitrogen and oxygen atoms in total. The normalized spacial score (nSPS) is 18.4. The lowest BCUT2D eigenvalue weighted by molar-refractivity contribution is -0.138. The predicted molar refractivity (Wildman–Crippen MR) is 98.5 cm³/mol. The van der Waals surface area contributed by atoms with Gasteiger partial charge in [-0.1, -0.05) is 30.3 Å². The van der Waals surface area contributed by atoms with E-state index in [4.69, 9.17) is 0 Å². The molecule has 2 unspecified atom stereocenters. The molecular weight excluding hydrogens is 344 g/mol. The second-order valence-electron chi connectivity index (χ2n) is 6.62. The van der Waals surface area contributed by atoms with Crippen LogP contribution in [0.5, 0.6) is 0 Å². The maximum atomic E-state index is 13.2. The number of aryl methyl sites for hydroxylation is 1. The molecule has 1 N–H and O–H groups in total. The highest BCUT2D eigenvalue weighted by Crippen LogP contribution is 2.24. The monoisotopic (exact) mass is 366 g/mol. The van der Waals surface area contributed by atoms with Crippen LogP contribution in [-0.2, 0) is 11.8 Å². The molecule has 2 aromatic heterocycles. The number of hydrogen-bond acceptors (Lipinski definition) is 6. The van der Waals surface area contributed by atoms with Crippen LogP contribution < -0.4 is 5.32 Å². The molecule has 3 aromatic rings. The van der Waals surface area contributed by atoms with Crippen molar-refractivity contribution < 1.29 is 4.79 Å². The van der Waals surface area contributed by atoms with Crippen LogP contribution in [-0.4, -0.2) is 60.2 Å². The van der Waals surface area contributed by atoms with Crippen molar-refractivity contribution in [3.8, 4) is 11.4 Å². The summed E-state index contributed by atoms with van der Waals surface area (Å²) in [5, 5.41) is 16.0. The third kappa shape index (κ3) is 3.33. The van der Waals surface area contributed by atoms with E-state index in [1.807, 2.05) is 53.0 Å². The fourth-order valence-corrected chi connectivity index (χ4v) is 3.33. The molecule has 1 aromatic carbocycles. The van der Waals surface area contributed by atoms with Crippen molar-refractivity contribution in [1.82, 2.24) is 40.0 Å². The van der Waals surface area contributed by atoms with Gasteiger partial charge in [0.05, 0.1) is 0 Å². The van der Waals surface area contributed by atoms with Crippen LogP contribution >= 0.6 is 0 Å². The molecule has 2 atom stereocenters. The average Bonchev–Trinajstić information content (AvgIpc) is 3.37. The van der Waals surface area contributed by atoms with Crippen molar-refractivity contribution >= 4 is 5.91 Å². The van der Waals surface area contributed by atoms with Gasteiger partial charge < -0.3 is 14.8 Å². The Balaban J connectivity index is 1.56. The van der Waals surface area contributed by atoms with E-state index in [9.17, 15) is 4.79 Å². The number of aromatic nitrogens is 6. The maximum Gasteiger partial charge on any atom is 0.249 e. The number of nitrogens with zero attached hydrogens (tertiary/aromatic N) is 7. The summed E-state index contributed by atoms with van der Waals surface area (Å²) in [6, 6.07) is 8.94. The van der Waals surface area contributed by atoms with Gasteiger partial charge in [0.1, 0.15) is 17.9 Å². The van der Waals surface area contributed by atoms with Gasteiger partial charge in [-0.25, -0.2) is 4.98 Å². The predicted octanol–water partition coefficient (Wildman–Crippen LogP) is 0.808. The Morgan fingerprint density at radius 3 is 2.85 bits per heavy atom. The van der Waals surface area contributed by atoms with Crippen LogP contribution in [0.3, 0.4) is 0 Å². The van der Waals surface area contributed by atoms with E-state index >= 15 is 0 Å². The first kappa shape index (κ1) is 17.3. The standard InChI is InChI=1S/C18H22N8O/c1-13(26-22-16(21-23-26)14-6-4-3-5-7-14)18(27)25-11-8-19-12-15(25)17-20-9-10-24(17)2/h3-7,9-10,13,15,19H,8,11-12H2,1-2H3. The lowest BCUT2D eigenvalue weighted by atomic mass is 10.1. The SMILES string of the molecule is CC(C(=O)N1CCNCC1c1nccn1C)n1nnc(-c2ccccc2)n1. The Morgan fingerprint density at radius 2 is 2.11 bits per heavy atom. The zero-order valence-electron chi connectivity index (χ0n) is 15.4. The molecule has 1 saturated heterocycles. The summed E-state index contributed by atoms with van der Waals surface area (Å²) < 4.78 is 1.95. The lowest BCUT2D eigenvalue weighted by Gasteiger charge is -2.36. The minimum Gasteiger partial charge on any atom is -0.336 e. The van der Waals surface area contributed by atoms with E-state index in [1.165, 1.54) is 4.80 Å². The van der Waals surface area contributed by atoms with Crippen LogP contribution in [0.15, 0.2) is 42.7 Å². The molecule has 4 rings (SSSR count). The van der Waals surface area contributed by atoms with Gasteiger partial charge in [-0.2, -0.15) is 4.80 Å². The van der Waals surface area contributed by atoms with Gasteiger partial charge >= 0.3 is 0 Å². The number of carbonyl (C=O) groups excluding carboxylic acids is 1. The van der Waals surface area contributed by atoms with Crippen LogP contribution in [0.2, 0.25) is 0 Å². The summed E-state index contributed by atoms with van der Waals surface area (Å²) in [5.41, 5.74) is 0.872. The van der Waals surface area contributed by atoms with Crippen molar-refractivity contribution in [2.75, 3.05) is 19.6 Å². The summed E-state index contributed by atoms with van der Waals surface area (Å²) in [4.78, 5) is 20.9. The minimum atomic E-state index is -0.546. The molecule has 1 fully saturated rings. The Labute approximate surface area is 157 Å². The molecule has 1 aliphatic heterocycles. The van der Waals surface area contributed by atoms with Crippen LogP contribution in [0.1, 0.15) is 24.8 Å². The van der Waals surface area contributed by atoms with Crippen LogP contribution in [0, 0.1) is 0 Å². The highest BCUT2D eigenvalue weighted by molar-refractivity contribution is 5.80. The number of imidazole rings is 1. The fraction of sp³-hybridized carbons (Fsp3) is 0.389. The maximum absolute atomic E-state index is 13.2. The van der Waals surface area contributed by atoms with E-state index < -0.39 is 6.04 Å². The number of hydrogen-bond donors (Lipinski definition) is 1. The molecule has 0 spiro atoms. The first-order valence-electron chi connectivity index (χ1n) is 8.98. The van der Waals surface area contributed by atoms with Gasteiger partial charge in [0, 0.05) is 44.6 Å². The topological polar surface area (TPSA) is 93.8 Å². The zero-order valence-corrected chi connectivity index (χ0v) is 15.4. The van der Waals surface area contributed by atoms with E-state index in [1.54, 1.807) is 13.1 Å². The third-order valence-electron chi connectivity index (χ3n) is 4.85. The summed E-state index contributed by atoms with van der Waals surface area (Å²) in [6.45, 7) is 3.83. The van der Waals surface area contributed by atoms with Crippen molar-refractivity contribution in [2.24, 2.45) is 7.05 Å². The minimum absolute atomic E-state index is 0.0403. The van der Waals surface area contributed by atoms with Gasteiger partial charge in [0.15, 0.2) is 0 Å². The van der Waals surface area contributed by atoms with Crippen LogP contribution in [0.25, 0.3) is 11.4 Å². The number of nitrogens with one attached hydrogen (secondary N) is 1. The number of piperazine rings is 1. The fourth-order valence-electron chi connectivity index (χ4n) is 3.33. The Morgan fingerprint density at radius 1 is 1.30 bits per heavy atom. The quantitative estimate of drug-likeness (QED) is 0.734. The number of rotatable bonds is 4. The van der Waals surface area contributed by atoms with Gasteiger partial charge in [-0.15, -0.1) is 10.2 Å². The van der Waals surface area contributed by atoms with E-state index in [0.29, 0.717) is 18.9 Å². The highest BCUT2D eigenvalue weighted by Gasteiger charge is 2.34. The third-order valence-corrected chi connectivity index (χ3v) is 4.85. The van der Waals surface area contributed by atoms with Gasteiger partial charge in [0.2, 0.25) is 11.7 Å². The Bertz CT molecular complexity index is 918. The van der Waals surface area contributed by atoms with E-state index in [-0.39, 0.29) is 11.9 Å². The molecule has 140 valence electrons. The zero-order chi connectivity index (χ0) is 18.8. The number of benzene rings is 1. The summed E-state index contributed by atoms with van der Waals surface area (Å²) in [5.74, 6) is 1.33. The van der Waals surface area contributed by atoms with Crippen molar-refractivity contribution in [3.05, 3.63) is 48.5 Å². The Hall–Kier alpha value is -3.07. The van der Waals surface area contributed by atoms with Crippen molar-refractivity contribution in [2.45, 2.75) is 19.0 Å². The van der Waals surface area contributed by atoms with Crippen LogP contribution in [0.4, 0.5) is 0 Å². The van der Waals surface area contributed by atoms with Crippen molar-refractivity contribution in [3.63, 3.8) is 0 Å². The summed E-state index contributed by atoms with van der Waals surface area (Å²) in [7, 11) is 1.94. The smallest absolute Gasteiger partial charge is 0.249 e. The molecule has 0 radical (unpaired) electrons. The number of amides is 1. The molecule has 9 heteroatoms.